The molecule has 0 amide bonds. The molecule has 0 saturated carbocycles. The van der Waals surface area contributed by atoms with Crippen LogP contribution in [-0.4, -0.2) is 24.9 Å². The zero-order valence-electron chi connectivity index (χ0n) is 12.0. The van der Waals surface area contributed by atoms with Crippen molar-refractivity contribution in [1.29, 1.82) is 0 Å². The van der Waals surface area contributed by atoms with Crippen LogP contribution in [0.3, 0.4) is 0 Å². The molecule has 0 spiro atoms. The van der Waals surface area contributed by atoms with Crippen molar-refractivity contribution in [3.05, 3.63) is 28.3 Å². The van der Waals surface area contributed by atoms with Gasteiger partial charge in [-0.2, -0.15) is 0 Å². The maximum atomic E-state index is 6.25. The maximum absolute atomic E-state index is 6.25. The second kappa shape index (κ2) is 5.43. The molecule has 1 aromatic carbocycles. The fraction of sp³-hybridized carbons (Fsp3) is 0.625. The van der Waals surface area contributed by atoms with E-state index in [2.05, 4.69) is 5.43 Å². The van der Waals surface area contributed by atoms with Gasteiger partial charge < -0.3 is 9.47 Å². The normalized spacial score (nSPS) is 31.2. The van der Waals surface area contributed by atoms with E-state index in [-0.39, 0.29) is 6.04 Å². The van der Waals surface area contributed by atoms with Gasteiger partial charge in [0.2, 0.25) is 0 Å². The van der Waals surface area contributed by atoms with Crippen LogP contribution in [0.4, 0.5) is 0 Å². The Bertz CT molecular complexity index is 551. The molecule has 4 nitrogen and oxygen atoms in total. The number of hydrogen-bond acceptors (Lipinski definition) is 4. The number of halogens is 1. The molecule has 5 heteroatoms. The van der Waals surface area contributed by atoms with Gasteiger partial charge in [-0.3, -0.25) is 11.3 Å². The van der Waals surface area contributed by atoms with Gasteiger partial charge in [0.25, 0.3) is 0 Å². The van der Waals surface area contributed by atoms with E-state index in [9.17, 15) is 0 Å². The van der Waals surface area contributed by atoms with Gasteiger partial charge in [-0.25, -0.2) is 0 Å². The van der Waals surface area contributed by atoms with Gasteiger partial charge in [0.05, 0.1) is 18.8 Å². The van der Waals surface area contributed by atoms with Crippen molar-refractivity contribution in [2.45, 2.75) is 50.4 Å². The van der Waals surface area contributed by atoms with E-state index in [1.54, 1.807) is 0 Å². The van der Waals surface area contributed by atoms with E-state index in [1.807, 2.05) is 12.1 Å². The summed E-state index contributed by atoms with van der Waals surface area (Å²) >= 11 is 6.25. The second-order valence-electron chi connectivity index (χ2n) is 6.40. The van der Waals surface area contributed by atoms with Crippen LogP contribution in [0.5, 0.6) is 5.75 Å². The summed E-state index contributed by atoms with van der Waals surface area (Å²) in [5, 5.41) is 0.786. The summed E-state index contributed by atoms with van der Waals surface area (Å²) in [5.41, 5.74) is 5.40. The number of ether oxygens (including phenoxy) is 2. The lowest BCUT2D eigenvalue weighted by atomic mass is 9.81. The van der Waals surface area contributed by atoms with Crippen LogP contribution < -0.4 is 16.0 Å². The molecule has 2 saturated heterocycles. The Kier molecular flexibility index (Phi) is 3.58. The third kappa shape index (κ3) is 2.44. The Morgan fingerprint density at radius 1 is 1.38 bits per heavy atom. The van der Waals surface area contributed by atoms with Crippen molar-refractivity contribution in [3.8, 4) is 5.75 Å². The zero-order valence-corrected chi connectivity index (χ0v) is 12.7. The Hall–Kier alpha value is -0.810. The van der Waals surface area contributed by atoms with Crippen molar-refractivity contribution in [2.24, 2.45) is 11.8 Å². The van der Waals surface area contributed by atoms with Crippen molar-refractivity contribution < 1.29 is 9.47 Å². The van der Waals surface area contributed by atoms with Crippen LogP contribution in [0.1, 0.15) is 30.4 Å². The molecule has 4 atom stereocenters. The number of hydrazine groups is 1. The van der Waals surface area contributed by atoms with Gasteiger partial charge in [0, 0.05) is 23.4 Å². The summed E-state index contributed by atoms with van der Waals surface area (Å²) < 4.78 is 11.8. The van der Waals surface area contributed by atoms with E-state index < -0.39 is 0 Å². The molecule has 3 N–H and O–H groups in total. The quantitative estimate of drug-likeness (QED) is 0.661. The fourth-order valence-corrected chi connectivity index (χ4v) is 4.43. The van der Waals surface area contributed by atoms with E-state index in [0.717, 1.165) is 43.1 Å². The Morgan fingerprint density at radius 3 is 3.00 bits per heavy atom. The van der Waals surface area contributed by atoms with Crippen LogP contribution in [0.15, 0.2) is 12.1 Å². The van der Waals surface area contributed by atoms with Gasteiger partial charge in [-0.05, 0) is 48.9 Å². The summed E-state index contributed by atoms with van der Waals surface area (Å²) in [7, 11) is 0. The first-order chi connectivity index (χ1) is 10.2. The highest BCUT2D eigenvalue weighted by atomic mass is 35.5. The Balaban J connectivity index is 1.57. The molecule has 0 radical (unpaired) electrons. The molecule has 3 heterocycles. The lowest BCUT2D eigenvalue weighted by Gasteiger charge is -2.28. The molecule has 4 rings (SSSR count). The molecule has 3 aliphatic heterocycles. The van der Waals surface area contributed by atoms with Crippen LogP contribution in [0.2, 0.25) is 5.02 Å². The summed E-state index contributed by atoms with van der Waals surface area (Å²) in [6.45, 7) is 0.751. The molecule has 3 aliphatic rings. The number of hydrogen-bond donors (Lipinski definition) is 2. The van der Waals surface area contributed by atoms with Crippen LogP contribution in [-0.2, 0) is 17.6 Å². The van der Waals surface area contributed by atoms with E-state index in [4.69, 9.17) is 26.9 Å². The van der Waals surface area contributed by atoms with E-state index in [1.165, 1.54) is 17.5 Å². The smallest absolute Gasteiger partial charge is 0.125 e. The number of nitrogens with one attached hydrogen (secondary N) is 1. The molecule has 2 bridgehead atoms. The predicted octanol–water partition coefficient (Wildman–Crippen LogP) is 2.22. The van der Waals surface area contributed by atoms with Crippen LogP contribution in [0.25, 0.3) is 0 Å². The van der Waals surface area contributed by atoms with Gasteiger partial charge in [0.15, 0.2) is 0 Å². The molecule has 0 aliphatic carbocycles. The topological polar surface area (TPSA) is 56.5 Å². The molecular formula is C16H21ClN2O2. The first-order valence-electron chi connectivity index (χ1n) is 7.80. The van der Waals surface area contributed by atoms with Gasteiger partial charge in [-0.15, -0.1) is 0 Å². The third-order valence-electron chi connectivity index (χ3n) is 5.15. The summed E-state index contributed by atoms with van der Waals surface area (Å²) in [5.74, 6) is 7.34. The first kappa shape index (κ1) is 13.8. The van der Waals surface area contributed by atoms with Crippen molar-refractivity contribution in [2.75, 3.05) is 6.61 Å². The van der Waals surface area contributed by atoms with E-state index >= 15 is 0 Å². The van der Waals surface area contributed by atoms with Crippen molar-refractivity contribution in [1.82, 2.24) is 5.43 Å². The number of rotatable bonds is 4. The van der Waals surface area contributed by atoms with Gasteiger partial charge in [0.1, 0.15) is 5.75 Å². The standard InChI is InChI=1S/C16H21ClN2O2/c17-11-5-9-3-4-20-16(9)10(6-11)7-14(19-18)13-8-12-1-2-15(13)21-12/h5-6,12-15,19H,1-4,7-8,18H2. The highest BCUT2D eigenvalue weighted by molar-refractivity contribution is 6.30. The lowest BCUT2D eigenvalue weighted by Crippen LogP contribution is -2.45. The molecular weight excluding hydrogens is 288 g/mol. The molecule has 21 heavy (non-hydrogen) atoms. The largest absolute Gasteiger partial charge is 0.493 e. The lowest BCUT2D eigenvalue weighted by molar-refractivity contribution is 0.0856. The minimum Gasteiger partial charge on any atom is -0.493 e. The molecule has 1 aromatic rings. The van der Waals surface area contributed by atoms with Gasteiger partial charge in [-0.1, -0.05) is 11.6 Å². The predicted molar refractivity (Wildman–Crippen MR) is 81.5 cm³/mol. The second-order valence-corrected chi connectivity index (χ2v) is 6.84. The summed E-state index contributed by atoms with van der Waals surface area (Å²) in [4.78, 5) is 0. The number of fused-ring (bicyclic) bond motifs is 3. The molecule has 2 fully saturated rings. The van der Waals surface area contributed by atoms with E-state index in [0.29, 0.717) is 18.1 Å². The monoisotopic (exact) mass is 308 g/mol. The maximum Gasteiger partial charge on any atom is 0.125 e. The number of nitrogens with two attached hydrogens (primary N) is 1. The molecule has 114 valence electrons. The summed E-state index contributed by atoms with van der Waals surface area (Å²) in [6, 6.07) is 4.25. The first-order valence-corrected chi connectivity index (χ1v) is 8.18. The minimum absolute atomic E-state index is 0.215. The zero-order chi connectivity index (χ0) is 14.4. The molecule has 0 aromatic heterocycles. The Morgan fingerprint density at radius 2 is 2.29 bits per heavy atom. The highest BCUT2D eigenvalue weighted by Crippen LogP contribution is 2.42. The van der Waals surface area contributed by atoms with Crippen LogP contribution in [0, 0.1) is 5.92 Å². The summed E-state index contributed by atoms with van der Waals surface area (Å²) in [6.07, 6.45) is 6.08. The molecule has 4 unspecified atom stereocenters. The SMILES string of the molecule is NNC(Cc1cc(Cl)cc2c1OCC2)C1CC2CCC1O2. The van der Waals surface area contributed by atoms with Gasteiger partial charge >= 0.3 is 0 Å². The fourth-order valence-electron chi connectivity index (χ4n) is 4.17. The average Bonchev–Trinajstić information content (AvgIpc) is 3.19. The average molecular weight is 309 g/mol. The minimum atomic E-state index is 0.215. The highest BCUT2D eigenvalue weighted by Gasteiger charge is 2.44. The van der Waals surface area contributed by atoms with Crippen molar-refractivity contribution in [3.63, 3.8) is 0 Å². The number of benzene rings is 1. The van der Waals surface area contributed by atoms with Crippen molar-refractivity contribution >= 4 is 11.6 Å². The Labute approximate surface area is 129 Å². The third-order valence-corrected chi connectivity index (χ3v) is 5.37. The van der Waals surface area contributed by atoms with Crippen LogP contribution >= 0.6 is 11.6 Å².